The number of ether oxygens (including phenoxy) is 2. The van der Waals surface area contributed by atoms with E-state index < -0.39 is 22.5 Å². The minimum atomic E-state index is -4.15. The summed E-state index contributed by atoms with van der Waals surface area (Å²) in [6.45, 7) is 5.80. The maximum absolute atomic E-state index is 13.4. The van der Waals surface area contributed by atoms with E-state index in [-0.39, 0.29) is 10.6 Å². The number of benzene rings is 3. The number of rotatable bonds is 9. The van der Waals surface area contributed by atoms with Gasteiger partial charge in [-0.2, -0.15) is 4.31 Å². The zero-order valence-electron chi connectivity index (χ0n) is 18.4. The van der Waals surface area contributed by atoms with Gasteiger partial charge in [-0.3, -0.25) is 4.79 Å². The average Bonchev–Trinajstić information content (AvgIpc) is 2.79. The lowest BCUT2D eigenvalue weighted by Gasteiger charge is -2.23. The third-order valence-corrected chi connectivity index (χ3v) is 6.60. The second-order valence-corrected chi connectivity index (χ2v) is 8.98. The first-order valence-electron chi connectivity index (χ1n) is 10.4. The van der Waals surface area contributed by atoms with Crippen LogP contribution in [-0.4, -0.2) is 27.5 Å². The van der Waals surface area contributed by atoms with Gasteiger partial charge in [0, 0.05) is 0 Å². The van der Waals surface area contributed by atoms with Crippen LogP contribution < -0.4 is 13.8 Å². The van der Waals surface area contributed by atoms with Crippen LogP contribution in [0.2, 0.25) is 0 Å². The Balaban J connectivity index is 1.93. The van der Waals surface area contributed by atoms with Gasteiger partial charge in [0.05, 0.1) is 17.2 Å². The van der Waals surface area contributed by atoms with Crippen molar-refractivity contribution in [3.8, 4) is 11.5 Å². The SMILES string of the molecule is CCOc1ccc(N(C(=O)COc2cccc(CC)c2)S(=O)(=O)c2ccc(C)cc2)cc1. The largest absolute Gasteiger partial charge is 0.494 e. The zero-order chi connectivity index (χ0) is 23.1. The summed E-state index contributed by atoms with van der Waals surface area (Å²) in [5, 5.41) is 0. The van der Waals surface area contributed by atoms with Crippen molar-refractivity contribution in [1.29, 1.82) is 0 Å². The molecule has 0 bridgehead atoms. The summed E-state index contributed by atoms with van der Waals surface area (Å²) >= 11 is 0. The quantitative estimate of drug-likeness (QED) is 0.467. The molecule has 7 heteroatoms. The summed E-state index contributed by atoms with van der Waals surface area (Å²) < 4.78 is 38.7. The fourth-order valence-corrected chi connectivity index (χ4v) is 4.55. The van der Waals surface area contributed by atoms with Gasteiger partial charge >= 0.3 is 0 Å². The Labute approximate surface area is 189 Å². The molecule has 168 valence electrons. The van der Waals surface area contributed by atoms with Crippen LogP contribution in [0.15, 0.2) is 77.7 Å². The highest BCUT2D eigenvalue weighted by Crippen LogP contribution is 2.27. The maximum atomic E-state index is 13.4. The van der Waals surface area contributed by atoms with Gasteiger partial charge < -0.3 is 9.47 Å². The minimum absolute atomic E-state index is 0.0262. The van der Waals surface area contributed by atoms with E-state index in [1.54, 1.807) is 42.5 Å². The van der Waals surface area contributed by atoms with Crippen molar-refractivity contribution < 1.29 is 22.7 Å². The molecule has 3 aromatic carbocycles. The molecule has 0 saturated carbocycles. The van der Waals surface area contributed by atoms with E-state index in [0.717, 1.165) is 21.9 Å². The van der Waals surface area contributed by atoms with Crippen molar-refractivity contribution in [2.24, 2.45) is 0 Å². The number of anilines is 1. The summed E-state index contributed by atoms with van der Waals surface area (Å²) in [5.41, 5.74) is 2.19. The van der Waals surface area contributed by atoms with Crippen molar-refractivity contribution in [3.63, 3.8) is 0 Å². The first-order chi connectivity index (χ1) is 15.3. The molecule has 0 saturated heterocycles. The Kier molecular flexibility index (Phi) is 7.53. The van der Waals surface area contributed by atoms with Crippen LogP contribution in [0.4, 0.5) is 5.69 Å². The van der Waals surface area contributed by atoms with E-state index in [4.69, 9.17) is 9.47 Å². The lowest BCUT2D eigenvalue weighted by molar-refractivity contribution is -0.119. The standard InChI is InChI=1S/C25H27NO5S/c1-4-20-7-6-8-23(17-20)31-18-25(27)26(21-11-13-22(14-12-21)30-5-2)32(28,29)24-15-9-19(3)10-16-24/h6-17H,4-5,18H2,1-3H3. The number of amides is 1. The normalized spacial score (nSPS) is 11.1. The molecule has 3 aromatic rings. The van der Waals surface area contributed by atoms with Crippen molar-refractivity contribution >= 4 is 21.6 Å². The number of hydrogen-bond acceptors (Lipinski definition) is 5. The predicted octanol–water partition coefficient (Wildman–Crippen LogP) is 4.76. The fourth-order valence-electron chi connectivity index (χ4n) is 3.14. The molecule has 3 rings (SSSR count). The molecule has 0 aliphatic rings. The number of aryl methyl sites for hydroxylation is 2. The number of hydrogen-bond donors (Lipinski definition) is 0. The Hall–Kier alpha value is -3.32. The molecule has 32 heavy (non-hydrogen) atoms. The van der Waals surface area contributed by atoms with Crippen molar-refractivity contribution in [2.45, 2.75) is 32.1 Å². The molecule has 6 nitrogen and oxygen atoms in total. The van der Waals surface area contributed by atoms with Gasteiger partial charge in [0.15, 0.2) is 6.61 Å². The fraction of sp³-hybridized carbons (Fsp3) is 0.240. The van der Waals surface area contributed by atoms with Gasteiger partial charge in [-0.25, -0.2) is 8.42 Å². The summed E-state index contributed by atoms with van der Waals surface area (Å²) in [6.07, 6.45) is 0.825. The van der Waals surface area contributed by atoms with Crippen molar-refractivity contribution in [1.82, 2.24) is 0 Å². The van der Waals surface area contributed by atoms with Crippen LogP contribution in [0.1, 0.15) is 25.0 Å². The number of nitrogens with zero attached hydrogens (tertiary/aromatic N) is 1. The van der Waals surface area contributed by atoms with Crippen LogP contribution in [0.25, 0.3) is 0 Å². The van der Waals surface area contributed by atoms with Crippen LogP contribution in [0.3, 0.4) is 0 Å². The Morgan fingerprint density at radius 2 is 1.56 bits per heavy atom. The second kappa shape index (κ2) is 10.3. The molecular formula is C25H27NO5S. The molecule has 0 aliphatic carbocycles. The molecule has 0 unspecified atom stereocenters. The zero-order valence-corrected chi connectivity index (χ0v) is 19.3. The molecule has 0 N–H and O–H groups in total. The first kappa shape index (κ1) is 23.3. The van der Waals surface area contributed by atoms with Crippen LogP contribution in [-0.2, 0) is 21.2 Å². The molecule has 0 fully saturated rings. The molecule has 0 aliphatic heterocycles. The van der Waals surface area contributed by atoms with Crippen LogP contribution in [0.5, 0.6) is 11.5 Å². The summed E-state index contributed by atoms with van der Waals surface area (Å²) in [7, 11) is -4.15. The summed E-state index contributed by atoms with van der Waals surface area (Å²) in [4.78, 5) is 13.2. The minimum Gasteiger partial charge on any atom is -0.494 e. The molecule has 1 amide bonds. The average molecular weight is 454 g/mol. The number of sulfonamides is 1. The molecule has 0 heterocycles. The highest BCUT2D eigenvalue weighted by atomic mass is 32.2. The lowest BCUT2D eigenvalue weighted by atomic mass is 10.2. The third kappa shape index (κ3) is 5.48. The molecule has 0 atom stereocenters. The smallest absolute Gasteiger partial charge is 0.278 e. The van der Waals surface area contributed by atoms with Crippen LogP contribution >= 0.6 is 0 Å². The Bertz CT molecular complexity index is 1160. The van der Waals surface area contributed by atoms with E-state index in [1.807, 2.05) is 39.0 Å². The topological polar surface area (TPSA) is 72.9 Å². The van der Waals surface area contributed by atoms with Gasteiger partial charge in [-0.1, -0.05) is 36.8 Å². The summed E-state index contributed by atoms with van der Waals surface area (Å²) in [5.74, 6) is 0.401. The summed E-state index contributed by atoms with van der Waals surface area (Å²) in [6, 6.07) is 20.1. The highest BCUT2D eigenvalue weighted by molar-refractivity contribution is 7.93. The van der Waals surface area contributed by atoms with Gasteiger partial charge in [0.25, 0.3) is 15.9 Å². The van der Waals surface area contributed by atoms with E-state index in [9.17, 15) is 13.2 Å². The second-order valence-electron chi connectivity index (χ2n) is 7.19. The van der Waals surface area contributed by atoms with Gasteiger partial charge in [0.1, 0.15) is 11.5 Å². The predicted molar refractivity (Wildman–Crippen MR) is 125 cm³/mol. The number of carbonyl (C=O) groups excluding carboxylic acids is 1. The number of carbonyl (C=O) groups is 1. The van der Waals surface area contributed by atoms with E-state index in [0.29, 0.717) is 18.1 Å². The Morgan fingerprint density at radius 3 is 2.19 bits per heavy atom. The first-order valence-corrected chi connectivity index (χ1v) is 11.9. The maximum Gasteiger partial charge on any atom is 0.278 e. The molecule has 0 radical (unpaired) electrons. The van der Waals surface area contributed by atoms with Crippen molar-refractivity contribution in [3.05, 3.63) is 83.9 Å². The molecule has 0 spiro atoms. The van der Waals surface area contributed by atoms with Gasteiger partial charge in [0.2, 0.25) is 0 Å². The van der Waals surface area contributed by atoms with Gasteiger partial charge in [-0.05, 0) is 74.4 Å². The van der Waals surface area contributed by atoms with E-state index in [1.165, 1.54) is 12.1 Å². The Morgan fingerprint density at radius 1 is 0.875 bits per heavy atom. The van der Waals surface area contributed by atoms with Gasteiger partial charge in [-0.15, -0.1) is 0 Å². The lowest BCUT2D eigenvalue weighted by Crippen LogP contribution is -2.40. The van der Waals surface area contributed by atoms with Crippen molar-refractivity contribution in [2.75, 3.05) is 17.5 Å². The van der Waals surface area contributed by atoms with E-state index >= 15 is 0 Å². The third-order valence-electron chi connectivity index (χ3n) is 4.84. The molecular weight excluding hydrogens is 426 g/mol. The highest BCUT2D eigenvalue weighted by Gasteiger charge is 2.31. The molecule has 0 aromatic heterocycles. The monoisotopic (exact) mass is 453 g/mol. The van der Waals surface area contributed by atoms with E-state index in [2.05, 4.69) is 0 Å². The van der Waals surface area contributed by atoms with Crippen LogP contribution in [0, 0.1) is 6.92 Å².